The minimum atomic E-state index is 0.352. The van der Waals surface area contributed by atoms with Crippen LogP contribution >= 0.6 is 23.2 Å². The Morgan fingerprint density at radius 2 is 2.12 bits per heavy atom. The fourth-order valence-electron chi connectivity index (χ4n) is 1.16. The standard InChI is InChI=1S/C11H8Cl2N2O/c12-5-9-2-1-3-11(15-9)16-10-4-8(13)6-14-7-10/h1-4,6-7H,5H2. The predicted molar refractivity (Wildman–Crippen MR) is 63.1 cm³/mol. The highest BCUT2D eigenvalue weighted by molar-refractivity contribution is 6.30. The van der Waals surface area contributed by atoms with E-state index in [2.05, 4.69) is 9.97 Å². The molecular formula is C11H8Cl2N2O. The first-order valence-corrected chi connectivity index (χ1v) is 5.49. The van der Waals surface area contributed by atoms with Gasteiger partial charge in [0.15, 0.2) is 0 Å². The molecule has 2 rings (SSSR count). The molecule has 5 heteroatoms. The van der Waals surface area contributed by atoms with Crippen molar-refractivity contribution >= 4 is 23.2 Å². The molecule has 0 saturated carbocycles. The van der Waals surface area contributed by atoms with Crippen molar-refractivity contribution in [3.63, 3.8) is 0 Å². The zero-order valence-electron chi connectivity index (χ0n) is 8.23. The number of hydrogen-bond acceptors (Lipinski definition) is 3. The van der Waals surface area contributed by atoms with Crippen LogP contribution in [0.5, 0.6) is 11.6 Å². The maximum absolute atomic E-state index is 5.79. The van der Waals surface area contributed by atoms with Crippen LogP contribution in [-0.4, -0.2) is 9.97 Å². The van der Waals surface area contributed by atoms with Crippen LogP contribution in [0.25, 0.3) is 0 Å². The summed E-state index contributed by atoms with van der Waals surface area (Å²) in [6.07, 6.45) is 3.11. The first kappa shape index (κ1) is 11.2. The van der Waals surface area contributed by atoms with Gasteiger partial charge >= 0.3 is 0 Å². The molecule has 0 bridgehead atoms. The van der Waals surface area contributed by atoms with Crippen molar-refractivity contribution in [2.24, 2.45) is 0 Å². The van der Waals surface area contributed by atoms with Crippen LogP contribution in [0.1, 0.15) is 5.69 Å². The molecule has 2 aromatic heterocycles. The number of rotatable bonds is 3. The number of nitrogens with zero attached hydrogens (tertiary/aromatic N) is 2. The van der Waals surface area contributed by atoms with E-state index in [1.54, 1.807) is 18.3 Å². The fourth-order valence-corrected chi connectivity index (χ4v) is 1.47. The van der Waals surface area contributed by atoms with E-state index in [-0.39, 0.29) is 0 Å². The van der Waals surface area contributed by atoms with Gasteiger partial charge in [0.1, 0.15) is 5.75 Å². The van der Waals surface area contributed by atoms with Crippen molar-refractivity contribution in [2.75, 3.05) is 0 Å². The van der Waals surface area contributed by atoms with Crippen LogP contribution < -0.4 is 4.74 Å². The SMILES string of the molecule is ClCc1cccc(Oc2cncc(Cl)c2)n1. The predicted octanol–water partition coefficient (Wildman–Crippen LogP) is 3.66. The van der Waals surface area contributed by atoms with Gasteiger partial charge in [-0.15, -0.1) is 11.6 Å². The topological polar surface area (TPSA) is 35.0 Å². The molecular weight excluding hydrogens is 247 g/mol. The van der Waals surface area contributed by atoms with E-state index in [0.717, 1.165) is 5.69 Å². The third-order valence-corrected chi connectivity index (χ3v) is 2.30. The zero-order valence-corrected chi connectivity index (χ0v) is 9.74. The van der Waals surface area contributed by atoms with Crippen LogP contribution in [0, 0.1) is 0 Å². The third-order valence-electron chi connectivity index (χ3n) is 1.82. The summed E-state index contributed by atoms with van der Waals surface area (Å²) < 4.78 is 5.48. The highest BCUT2D eigenvalue weighted by atomic mass is 35.5. The number of alkyl halides is 1. The second kappa shape index (κ2) is 5.14. The first-order chi connectivity index (χ1) is 7.78. The fraction of sp³-hybridized carbons (Fsp3) is 0.0909. The second-order valence-electron chi connectivity index (χ2n) is 3.04. The smallest absolute Gasteiger partial charge is 0.219 e. The summed E-state index contributed by atoms with van der Waals surface area (Å²) in [4.78, 5) is 8.10. The molecule has 0 N–H and O–H groups in total. The molecule has 2 heterocycles. The van der Waals surface area contributed by atoms with Crippen molar-refractivity contribution in [2.45, 2.75) is 5.88 Å². The molecule has 0 fully saturated rings. The van der Waals surface area contributed by atoms with Crippen LogP contribution in [0.4, 0.5) is 0 Å². The van der Waals surface area contributed by atoms with Gasteiger partial charge in [-0.1, -0.05) is 17.7 Å². The highest BCUT2D eigenvalue weighted by Gasteiger charge is 2.01. The van der Waals surface area contributed by atoms with Gasteiger partial charge in [-0.3, -0.25) is 4.98 Å². The average molecular weight is 255 g/mol. The number of pyridine rings is 2. The van der Waals surface area contributed by atoms with E-state index in [1.807, 2.05) is 12.1 Å². The van der Waals surface area contributed by atoms with Crippen molar-refractivity contribution < 1.29 is 4.74 Å². The average Bonchev–Trinajstić information content (AvgIpc) is 2.29. The molecule has 0 atom stereocenters. The normalized spacial score (nSPS) is 10.1. The van der Waals surface area contributed by atoms with Gasteiger partial charge in [0.05, 0.1) is 22.8 Å². The Labute approximate surface area is 103 Å². The molecule has 0 unspecified atom stereocenters. The Morgan fingerprint density at radius 3 is 2.88 bits per heavy atom. The lowest BCUT2D eigenvalue weighted by molar-refractivity contribution is 0.459. The minimum Gasteiger partial charge on any atom is -0.437 e. The van der Waals surface area contributed by atoms with Gasteiger partial charge in [0.2, 0.25) is 5.88 Å². The van der Waals surface area contributed by atoms with Crippen molar-refractivity contribution in [1.82, 2.24) is 9.97 Å². The van der Waals surface area contributed by atoms with E-state index >= 15 is 0 Å². The van der Waals surface area contributed by atoms with Crippen LogP contribution in [0.3, 0.4) is 0 Å². The third kappa shape index (κ3) is 2.84. The lowest BCUT2D eigenvalue weighted by atomic mass is 10.4. The Kier molecular flexibility index (Phi) is 3.59. The van der Waals surface area contributed by atoms with Crippen LogP contribution in [0.15, 0.2) is 36.7 Å². The van der Waals surface area contributed by atoms with Gasteiger partial charge in [-0.25, -0.2) is 4.98 Å². The second-order valence-corrected chi connectivity index (χ2v) is 3.75. The molecule has 3 nitrogen and oxygen atoms in total. The summed E-state index contributed by atoms with van der Waals surface area (Å²) in [7, 11) is 0. The molecule has 0 aromatic carbocycles. The van der Waals surface area contributed by atoms with Crippen molar-refractivity contribution in [1.29, 1.82) is 0 Å². The molecule has 0 radical (unpaired) electrons. The van der Waals surface area contributed by atoms with Crippen molar-refractivity contribution in [3.05, 3.63) is 47.4 Å². The molecule has 0 spiro atoms. The minimum absolute atomic E-state index is 0.352. The first-order valence-electron chi connectivity index (χ1n) is 4.58. The van der Waals surface area contributed by atoms with E-state index < -0.39 is 0 Å². The largest absolute Gasteiger partial charge is 0.437 e. The number of hydrogen-bond donors (Lipinski definition) is 0. The molecule has 2 aromatic rings. The molecule has 0 aliphatic rings. The molecule has 0 amide bonds. The van der Waals surface area contributed by atoms with Gasteiger partial charge in [-0.2, -0.15) is 0 Å². The molecule has 0 aliphatic heterocycles. The maximum Gasteiger partial charge on any atom is 0.219 e. The quantitative estimate of drug-likeness (QED) is 0.785. The number of aromatic nitrogens is 2. The molecule has 16 heavy (non-hydrogen) atoms. The Balaban J connectivity index is 2.20. The lowest BCUT2D eigenvalue weighted by Gasteiger charge is -2.05. The van der Waals surface area contributed by atoms with Gasteiger partial charge in [0, 0.05) is 18.3 Å². The maximum atomic E-state index is 5.79. The Hall–Kier alpha value is -1.32. The summed E-state index contributed by atoms with van der Waals surface area (Å²) in [6, 6.07) is 7.08. The number of halogens is 2. The van der Waals surface area contributed by atoms with Crippen LogP contribution in [0.2, 0.25) is 5.02 Å². The summed E-state index contributed by atoms with van der Waals surface area (Å²) >= 11 is 11.5. The highest BCUT2D eigenvalue weighted by Crippen LogP contribution is 2.21. The monoisotopic (exact) mass is 254 g/mol. The Morgan fingerprint density at radius 1 is 1.25 bits per heavy atom. The van der Waals surface area contributed by atoms with E-state index in [9.17, 15) is 0 Å². The summed E-state index contributed by atoms with van der Waals surface area (Å²) in [5.41, 5.74) is 0.758. The zero-order chi connectivity index (χ0) is 11.4. The summed E-state index contributed by atoms with van der Waals surface area (Å²) in [5.74, 6) is 1.37. The summed E-state index contributed by atoms with van der Waals surface area (Å²) in [6.45, 7) is 0. The van der Waals surface area contributed by atoms with Crippen LogP contribution in [-0.2, 0) is 5.88 Å². The van der Waals surface area contributed by atoms with Gasteiger partial charge in [-0.05, 0) is 6.07 Å². The van der Waals surface area contributed by atoms with E-state index in [4.69, 9.17) is 27.9 Å². The van der Waals surface area contributed by atoms with E-state index in [0.29, 0.717) is 22.5 Å². The molecule has 82 valence electrons. The molecule has 0 aliphatic carbocycles. The Bertz CT molecular complexity index is 491. The summed E-state index contributed by atoms with van der Waals surface area (Å²) in [5, 5.41) is 0.519. The van der Waals surface area contributed by atoms with Gasteiger partial charge in [0.25, 0.3) is 0 Å². The van der Waals surface area contributed by atoms with Gasteiger partial charge < -0.3 is 4.74 Å². The van der Waals surface area contributed by atoms with E-state index in [1.165, 1.54) is 6.20 Å². The van der Waals surface area contributed by atoms with Crippen molar-refractivity contribution in [3.8, 4) is 11.6 Å². The number of ether oxygens (including phenoxy) is 1. The lowest BCUT2D eigenvalue weighted by Crippen LogP contribution is -1.91. The molecule has 0 saturated heterocycles.